The summed E-state index contributed by atoms with van der Waals surface area (Å²) in [6, 6.07) is 24.4. The molecule has 12 heteroatoms. The monoisotopic (exact) mass is 690 g/mol. The molecule has 49 heavy (non-hydrogen) atoms. The van der Waals surface area contributed by atoms with Crippen molar-refractivity contribution in [1.82, 2.24) is 5.32 Å². The number of aliphatic hydroxyl groups is 5. The van der Waals surface area contributed by atoms with Crippen molar-refractivity contribution in [3.8, 4) is 40.2 Å². The largest absolute Gasteiger partial charge is 0.488 e. The minimum absolute atomic E-state index is 0.146. The van der Waals surface area contributed by atoms with Crippen LogP contribution in [0, 0.1) is 18.3 Å². The van der Waals surface area contributed by atoms with E-state index < -0.39 is 31.0 Å². The Kier molecular flexibility index (Phi) is 12.3. The zero-order valence-corrected chi connectivity index (χ0v) is 27.6. The average Bonchev–Trinajstić information content (AvgIpc) is 3.13. The van der Waals surface area contributed by atoms with Crippen LogP contribution >= 0.6 is 11.6 Å². The Morgan fingerprint density at radius 2 is 1.57 bits per heavy atom. The summed E-state index contributed by atoms with van der Waals surface area (Å²) in [5, 5.41) is 61.7. The van der Waals surface area contributed by atoms with Gasteiger partial charge < -0.3 is 49.8 Å². The topological polar surface area (TPSA) is 174 Å². The molecule has 0 bridgehead atoms. The third kappa shape index (κ3) is 9.00. The molecular weight excluding hydrogens is 652 g/mol. The van der Waals surface area contributed by atoms with Crippen molar-refractivity contribution < 1.29 is 44.5 Å². The predicted molar refractivity (Wildman–Crippen MR) is 182 cm³/mol. The van der Waals surface area contributed by atoms with E-state index in [-0.39, 0.29) is 26.3 Å². The Bertz CT molecular complexity index is 1780. The Balaban J connectivity index is 1.33. The van der Waals surface area contributed by atoms with Crippen LogP contribution in [0.5, 0.6) is 23.0 Å². The predicted octanol–water partition coefficient (Wildman–Crippen LogP) is 3.64. The van der Waals surface area contributed by atoms with Crippen LogP contribution in [-0.4, -0.2) is 76.3 Å². The van der Waals surface area contributed by atoms with Crippen molar-refractivity contribution in [2.45, 2.75) is 51.1 Å². The van der Waals surface area contributed by atoms with Gasteiger partial charge in [0.05, 0.1) is 29.4 Å². The minimum Gasteiger partial charge on any atom is -0.488 e. The van der Waals surface area contributed by atoms with Crippen LogP contribution in [0.15, 0.2) is 72.8 Å². The van der Waals surface area contributed by atoms with Gasteiger partial charge in [0.2, 0.25) is 0 Å². The second kappa shape index (κ2) is 16.8. The molecule has 4 aromatic carbocycles. The number of ether oxygens (including phenoxy) is 4. The first-order valence-electron chi connectivity index (χ1n) is 15.8. The zero-order valence-electron chi connectivity index (χ0n) is 26.9. The molecule has 5 rings (SSSR count). The van der Waals surface area contributed by atoms with E-state index in [1.54, 1.807) is 30.3 Å². The average molecular weight is 691 g/mol. The van der Waals surface area contributed by atoms with Crippen LogP contribution in [0.1, 0.15) is 27.8 Å². The summed E-state index contributed by atoms with van der Waals surface area (Å²) < 4.78 is 23.9. The molecule has 0 aliphatic carbocycles. The fraction of sp³-hybridized carbons (Fsp3) is 0.324. The first-order valence-corrected chi connectivity index (χ1v) is 16.2. The number of nitrogens with zero attached hydrogens (tertiary/aromatic N) is 1. The molecule has 258 valence electrons. The number of aliphatic hydroxyl groups excluding tert-OH is 5. The van der Waals surface area contributed by atoms with E-state index >= 15 is 0 Å². The molecule has 0 fully saturated rings. The van der Waals surface area contributed by atoms with Gasteiger partial charge in [0.1, 0.15) is 56.2 Å². The summed E-state index contributed by atoms with van der Waals surface area (Å²) in [5.74, 6) is 2.25. The standard InChI is InChI=1S/C37H39ClN2O9/c1-22-26(6-3-7-28(22)25-8-9-32-35(14-25)47-11-10-46-32)21-49-34-15-33(48-20-24-5-2-4-23(12-24)16-39)27(13-29(34)38)17-40-18-30(42)36(44)37(45)31(43)19-41/h2-9,12-15,30-31,36-37,40-45H,10-11,17-21H2,1H3/t30-,31+,36+,37+/m0/s1. The van der Waals surface area contributed by atoms with Crippen molar-refractivity contribution in [3.05, 3.63) is 106 Å². The van der Waals surface area contributed by atoms with E-state index in [1.165, 1.54) is 0 Å². The van der Waals surface area contributed by atoms with Gasteiger partial charge in [-0.05, 0) is 65.1 Å². The number of rotatable bonds is 15. The van der Waals surface area contributed by atoms with Gasteiger partial charge in [0, 0.05) is 24.7 Å². The van der Waals surface area contributed by atoms with E-state index in [2.05, 4.69) is 11.4 Å². The Morgan fingerprint density at radius 1 is 0.837 bits per heavy atom. The molecule has 1 heterocycles. The second-order valence-electron chi connectivity index (χ2n) is 11.7. The van der Waals surface area contributed by atoms with Crippen LogP contribution in [0.25, 0.3) is 11.1 Å². The van der Waals surface area contributed by atoms with Crippen molar-refractivity contribution in [3.63, 3.8) is 0 Å². The van der Waals surface area contributed by atoms with E-state index in [1.807, 2.05) is 49.4 Å². The minimum atomic E-state index is -1.73. The van der Waals surface area contributed by atoms with Crippen molar-refractivity contribution >= 4 is 11.6 Å². The summed E-state index contributed by atoms with van der Waals surface area (Å²) in [5.41, 5.74) is 5.89. The number of benzene rings is 4. The molecule has 0 saturated carbocycles. The summed E-state index contributed by atoms with van der Waals surface area (Å²) in [7, 11) is 0. The SMILES string of the molecule is Cc1c(COc2cc(OCc3cccc(C#N)c3)c(CNC[C@H](O)[C@@H](O)[C@H](O)[C@H](O)CO)cc2Cl)cccc1-c1ccc2c(c1)OCCO2. The molecule has 0 saturated heterocycles. The fourth-order valence-electron chi connectivity index (χ4n) is 5.41. The maximum Gasteiger partial charge on any atom is 0.161 e. The van der Waals surface area contributed by atoms with Crippen LogP contribution in [0.3, 0.4) is 0 Å². The smallest absolute Gasteiger partial charge is 0.161 e. The van der Waals surface area contributed by atoms with Crippen molar-refractivity contribution in [2.75, 3.05) is 26.4 Å². The van der Waals surface area contributed by atoms with Gasteiger partial charge in [-0.3, -0.25) is 0 Å². The lowest BCUT2D eigenvalue weighted by molar-refractivity contribution is -0.114. The van der Waals surface area contributed by atoms with E-state index in [0.29, 0.717) is 46.6 Å². The number of nitriles is 1. The Labute approximate surface area is 289 Å². The number of hydrogen-bond donors (Lipinski definition) is 6. The van der Waals surface area contributed by atoms with Gasteiger partial charge in [0.15, 0.2) is 11.5 Å². The van der Waals surface area contributed by atoms with Crippen LogP contribution < -0.4 is 24.3 Å². The molecule has 0 spiro atoms. The zero-order chi connectivity index (χ0) is 34.9. The van der Waals surface area contributed by atoms with E-state index in [4.69, 9.17) is 35.7 Å². The second-order valence-corrected chi connectivity index (χ2v) is 12.1. The van der Waals surface area contributed by atoms with Gasteiger partial charge in [-0.25, -0.2) is 0 Å². The highest BCUT2D eigenvalue weighted by Gasteiger charge is 2.29. The summed E-state index contributed by atoms with van der Waals surface area (Å²) in [4.78, 5) is 0. The Morgan fingerprint density at radius 3 is 2.35 bits per heavy atom. The Hall–Kier alpha value is -4.38. The van der Waals surface area contributed by atoms with Gasteiger partial charge in [-0.2, -0.15) is 5.26 Å². The number of fused-ring (bicyclic) bond motifs is 1. The van der Waals surface area contributed by atoms with Gasteiger partial charge >= 0.3 is 0 Å². The molecular formula is C37H39ClN2O9. The molecule has 4 atom stereocenters. The normalized spacial score (nSPS) is 14.7. The molecule has 1 aliphatic heterocycles. The molecule has 0 radical (unpaired) electrons. The molecule has 0 unspecified atom stereocenters. The highest BCUT2D eigenvalue weighted by atomic mass is 35.5. The third-order valence-electron chi connectivity index (χ3n) is 8.24. The molecule has 1 aliphatic rings. The van der Waals surface area contributed by atoms with Crippen molar-refractivity contribution in [1.29, 1.82) is 5.26 Å². The number of halogens is 1. The van der Waals surface area contributed by atoms with Gasteiger partial charge in [-0.15, -0.1) is 0 Å². The molecule has 0 amide bonds. The van der Waals surface area contributed by atoms with Crippen LogP contribution in [-0.2, 0) is 19.8 Å². The van der Waals surface area contributed by atoms with Crippen LogP contribution in [0.4, 0.5) is 0 Å². The number of nitrogens with one attached hydrogen (secondary N) is 1. The highest BCUT2D eigenvalue weighted by molar-refractivity contribution is 6.32. The van der Waals surface area contributed by atoms with E-state index in [9.17, 15) is 25.7 Å². The maximum atomic E-state index is 10.3. The van der Waals surface area contributed by atoms with E-state index in [0.717, 1.165) is 33.6 Å². The lowest BCUT2D eigenvalue weighted by atomic mass is 9.96. The van der Waals surface area contributed by atoms with Gasteiger partial charge in [0.25, 0.3) is 0 Å². The molecule has 6 N–H and O–H groups in total. The molecule has 0 aromatic heterocycles. The molecule has 4 aromatic rings. The lowest BCUT2D eigenvalue weighted by Gasteiger charge is -2.26. The van der Waals surface area contributed by atoms with Gasteiger partial charge in [-0.1, -0.05) is 48.0 Å². The highest BCUT2D eigenvalue weighted by Crippen LogP contribution is 2.37. The molecule has 11 nitrogen and oxygen atoms in total. The van der Waals surface area contributed by atoms with Crippen molar-refractivity contribution in [2.24, 2.45) is 0 Å². The first kappa shape index (κ1) is 35.9. The quantitative estimate of drug-likeness (QED) is 0.108. The summed E-state index contributed by atoms with van der Waals surface area (Å²) >= 11 is 6.70. The third-order valence-corrected chi connectivity index (χ3v) is 8.54. The number of hydrogen-bond acceptors (Lipinski definition) is 11. The first-order chi connectivity index (χ1) is 23.7. The fourth-order valence-corrected chi connectivity index (χ4v) is 5.65. The van der Waals surface area contributed by atoms with Crippen LogP contribution in [0.2, 0.25) is 5.02 Å². The lowest BCUT2D eigenvalue weighted by Crippen LogP contribution is -2.48. The maximum absolute atomic E-state index is 10.3. The summed E-state index contributed by atoms with van der Waals surface area (Å²) in [6.45, 7) is 2.64. The summed E-state index contributed by atoms with van der Waals surface area (Å²) in [6.07, 6.45) is -6.49.